The zero-order chi connectivity index (χ0) is 18.0. The molecule has 0 saturated carbocycles. The van der Waals surface area contributed by atoms with Crippen molar-refractivity contribution in [3.05, 3.63) is 35.9 Å². The molecule has 2 atom stereocenters. The van der Waals surface area contributed by atoms with Gasteiger partial charge in [-0.1, -0.05) is 30.3 Å². The van der Waals surface area contributed by atoms with Crippen molar-refractivity contribution in [1.82, 2.24) is 9.21 Å². The summed E-state index contributed by atoms with van der Waals surface area (Å²) in [5.74, 6) is 0.323. The fourth-order valence-corrected chi connectivity index (χ4v) is 5.02. The predicted octanol–water partition coefficient (Wildman–Crippen LogP) is 1.00. The molecule has 2 N–H and O–H groups in total. The normalized spacial score (nSPS) is 26.1. The van der Waals surface area contributed by atoms with Crippen molar-refractivity contribution < 1.29 is 13.2 Å². The van der Waals surface area contributed by atoms with Crippen LogP contribution in [-0.2, 0) is 14.8 Å². The quantitative estimate of drug-likeness (QED) is 0.863. The average molecular weight is 365 g/mol. The Morgan fingerprint density at radius 2 is 1.80 bits per heavy atom. The molecule has 0 spiro atoms. The molecule has 0 aliphatic carbocycles. The summed E-state index contributed by atoms with van der Waals surface area (Å²) in [7, 11) is -3.15. The van der Waals surface area contributed by atoms with Crippen LogP contribution in [0.25, 0.3) is 0 Å². The molecule has 2 aliphatic heterocycles. The van der Waals surface area contributed by atoms with Gasteiger partial charge < -0.3 is 10.6 Å². The molecule has 1 aromatic rings. The number of likely N-dealkylation sites (tertiary alicyclic amines) is 1. The smallest absolute Gasteiger partial charge is 0.225 e. The number of carbonyl (C=O) groups excluding carboxylic acids is 1. The lowest BCUT2D eigenvalue weighted by Crippen LogP contribution is -2.44. The Bertz CT molecular complexity index is 700. The zero-order valence-electron chi connectivity index (χ0n) is 14.7. The molecule has 25 heavy (non-hydrogen) atoms. The van der Waals surface area contributed by atoms with Crippen molar-refractivity contribution in [2.75, 3.05) is 31.9 Å². The zero-order valence-corrected chi connectivity index (χ0v) is 15.5. The van der Waals surface area contributed by atoms with E-state index in [4.69, 9.17) is 5.73 Å². The number of hydrogen-bond acceptors (Lipinski definition) is 4. The van der Waals surface area contributed by atoms with E-state index in [9.17, 15) is 13.2 Å². The fraction of sp³-hybridized carbons (Fsp3) is 0.611. The molecular formula is C18H27N3O3S. The highest BCUT2D eigenvalue weighted by Gasteiger charge is 2.38. The van der Waals surface area contributed by atoms with Crippen LogP contribution in [0, 0.1) is 5.92 Å². The third kappa shape index (κ3) is 3.88. The van der Waals surface area contributed by atoms with Crippen molar-refractivity contribution >= 4 is 15.9 Å². The van der Waals surface area contributed by atoms with Gasteiger partial charge in [0.05, 0.1) is 5.75 Å². The fourth-order valence-electron chi connectivity index (χ4n) is 3.88. The second-order valence-electron chi connectivity index (χ2n) is 7.00. The van der Waals surface area contributed by atoms with E-state index in [1.807, 2.05) is 23.1 Å². The van der Waals surface area contributed by atoms with Gasteiger partial charge in [-0.2, -0.15) is 0 Å². The number of nitrogens with two attached hydrogens (primary N) is 1. The topological polar surface area (TPSA) is 83.7 Å². The van der Waals surface area contributed by atoms with Gasteiger partial charge in [0.15, 0.2) is 0 Å². The third-order valence-corrected chi connectivity index (χ3v) is 7.35. The van der Waals surface area contributed by atoms with E-state index < -0.39 is 10.0 Å². The van der Waals surface area contributed by atoms with Gasteiger partial charge in [-0.25, -0.2) is 12.7 Å². The Balaban J connectivity index is 1.60. The minimum absolute atomic E-state index is 0.0492. The maximum absolute atomic E-state index is 12.9. The first kappa shape index (κ1) is 18.4. The van der Waals surface area contributed by atoms with Gasteiger partial charge in [-0.05, 0) is 25.3 Å². The molecule has 1 amide bonds. The van der Waals surface area contributed by atoms with E-state index in [1.165, 1.54) is 9.87 Å². The van der Waals surface area contributed by atoms with Crippen molar-refractivity contribution in [1.29, 1.82) is 0 Å². The van der Waals surface area contributed by atoms with Crippen LogP contribution in [0.1, 0.15) is 31.2 Å². The summed E-state index contributed by atoms with van der Waals surface area (Å²) in [6.45, 7) is 3.76. The Hall–Kier alpha value is -1.44. The second kappa shape index (κ2) is 7.43. The predicted molar refractivity (Wildman–Crippen MR) is 97.5 cm³/mol. The van der Waals surface area contributed by atoms with E-state index in [-0.39, 0.29) is 29.5 Å². The highest BCUT2D eigenvalue weighted by Crippen LogP contribution is 2.29. The average Bonchev–Trinajstić information content (AvgIpc) is 3.03. The molecule has 0 bridgehead atoms. The number of nitrogens with zero attached hydrogens (tertiary/aromatic N) is 2. The molecule has 0 unspecified atom stereocenters. The van der Waals surface area contributed by atoms with Gasteiger partial charge in [0, 0.05) is 44.1 Å². The minimum atomic E-state index is -3.15. The SMILES string of the molecule is CCS(=O)(=O)N1CCC(C(=O)N2C[C@@H](N)[C@H](c3ccccc3)C2)CC1. The lowest BCUT2D eigenvalue weighted by atomic mass is 9.95. The lowest BCUT2D eigenvalue weighted by molar-refractivity contribution is -0.135. The molecule has 0 aromatic heterocycles. The number of carbonyl (C=O) groups is 1. The molecule has 2 saturated heterocycles. The number of amides is 1. The van der Waals surface area contributed by atoms with Crippen molar-refractivity contribution in [3.8, 4) is 0 Å². The second-order valence-corrected chi connectivity index (χ2v) is 9.26. The summed E-state index contributed by atoms with van der Waals surface area (Å²) < 4.78 is 25.4. The Labute approximate surface area is 150 Å². The van der Waals surface area contributed by atoms with Crippen LogP contribution >= 0.6 is 0 Å². The number of benzene rings is 1. The number of hydrogen-bond donors (Lipinski definition) is 1. The molecule has 138 valence electrons. The van der Waals surface area contributed by atoms with Gasteiger partial charge >= 0.3 is 0 Å². The number of rotatable bonds is 4. The lowest BCUT2D eigenvalue weighted by Gasteiger charge is -2.32. The first-order chi connectivity index (χ1) is 11.9. The summed E-state index contributed by atoms with van der Waals surface area (Å²) in [4.78, 5) is 14.7. The summed E-state index contributed by atoms with van der Waals surface area (Å²) >= 11 is 0. The maximum Gasteiger partial charge on any atom is 0.225 e. The first-order valence-corrected chi connectivity index (χ1v) is 10.6. The third-order valence-electron chi connectivity index (χ3n) is 5.47. The Kier molecular flexibility index (Phi) is 5.46. The molecule has 2 fully saturated rings. The summed E-state index contributed by atoms with van der Waals surface area (Å²) in [6, 6.07) is 10.0. The van der Waals surface area contributed by atoms with Gasteiger partial charge in [-0.3, -0.25) is 4.79 Å². The van der Waals surface area contributed by atoms with Gasteiger partial charge in [-0.15, -0.1) is 0 Å². The van der Waals surface area contributed by atoms with E-state index in [1.54, 1.807) is 6.92 Å². The monoisotopic (exact) mass is 365 g/mol. The van der Waals surface area contributed by atoms with Crippen LogP contribution in [0.3, 0.4) is 0 Å². The number of piperidine rings is 1. The van der Waals surface area contributed by atoms with Crippen LogP contribution in [0.15, 0.2) is 30.3 Å². The Morgan fingerprint density at radius 3 is 2.40 bits per heavy atom. The molecule has 0 radical (unpaired) electrons. The number of sulfonamides is 1. The van der Waals surface area contributed by atoms with E-state index in [2.05, 4.69) is 12.1 Å². The maximum atomic E-state index is 12.9. The molecule has 2 aliphatic rings. The van der Waals surface area contributed by atoms with Crippen LogP contribution < -0.4 is 5.73 Å². The first-order valence-electron chi connectivity index (χ1n) is 8.99. The largest absolute Gasteiger partial charge is 0.340 e. The summed E-state index contributed by atoms with van der Waals surface area (Å²) in [5.41, 5.74) is 7.46. The molecule has 6 nitrogen and oxygen atoms in total. The standard InChI is InChI=1S/C18H27N3O3S/c1-2-25(23,24)21-10-8-15(9-11-21)18(22)20-12-16(17(19)13-20)14-6-4-3-5-7-14/h3-7,15-17H,2,8-13,19H2,1H3/t16-,17+/m0/s1. The van der Waals surface area contributed by atoms with Crippen LogP contribution in [0.4, 0.5) is 0 Å². The van der Waals surface area contributed by atoms with E-state index >= 15 is 0 Å². The van der Waals surface area contributed by atoms with Crippen LogP contribution in [0.5, 0.6) is 0 Å². The van der Waals surface area contributed by atoms with Crippen molar-refractivity contribution in [2.45, 2.75) is 31.7 Å². The van der Waals surface area contributed by atoms with E-state index in [0.29, 0.717) is 39.0 Å². The van der Waals surface area contributed by atoms with Crippen LogP contribution in [-0.4, -0.2) is 61.5 Å². The van der Waals surface area contributed by atoms with Crippen molar-refractivity contribution in [2.24, 2.45) is 11.7 Å². The molecule has 1 aromatic carbocycles. The van der Waals surface area contributed by atoms with Crippen LogP contribution in [0.2, 0.25) is 0 Å². The van der Waals surface area contributed by atoms with E-state index in [0.717, 1.165) is 0 Å². The summed E-state index contributed by atoms with van der Waals surface area (Å²) in [6.07, 6.45) is 1.19. The molecular weight excluding hydrogens is 338 g/mol. The van der Waals surface area contributed by atoms with Gasteiger partial charge in [0.1, 0.15) is 0 Å². The van der Waals surface area contributed by atoms with Gasteiger partial charge in [0.2, 0.25) is 15.9 Å². The highest BCUT2D eigenvalue weighted by molar-refractivity contribution is 7.89. The van der Waals surface area contributed by atoms with Gasteiger partial charge in [0.25, 0.3) is 0 Å². The molecule has 3 rings (SSSR count). The highest BCUT2D eigenvalue weighted by atomic mass is 32.2. The molecule has 2 heterocycles. The minimum Gasteiger partial charge on any atom is -0.340 e. The Morgan fingerprint density at radius 1 is 1.16 bits per heavy atom. The molecule has 7 heteroatoms. The summed E-state index contributed by atoms with van der Waals surface area (Å²) in [5, 5.41) is 0. The van der Waals surface area contributed by atoms with Crippen molar-refractivity contribution in [3.63, 3.8) is 0 Å².